The molecular formula is C27H38F3N3O3. The van der Waals surface area contributed by atoms with E-state index in [0.29, 0.717) is 30.8 Å². The van der Waals surface area contributed by atoms with E-state index < -0.39 is 11.7 Å². The van der Waals surface area contributed by atoms with Crippen molar-refractivity contribution in [2.24, 2.45) is 11.8 Å². The summed E-state index contributed by atoms with van der Waals surface area (Å²) in [4.78, 5) is 31.4. The van der Waals surface area contributed by atoms with E-state index in [1.54, 1.807) is 4.90 Å². The molecule has 1 amide bonds. The van der Waals surface area contributed by atoms with Gasteiger partial charge in [0, 0.05) is 49.4 Å². The van der Waals surface area contributed by atoms with Crippen LogP contribution in [0.4, 0.5) is 13.2 Å². The van der Waals surface area contributed by atoms with Crippen LogP contribution < -0.4 is 5.32 Å². The van der Waals surface area contributed by atoms with E-state index in [1.165, 1.54) is 0 Å². The predicted octanol–water partition coefficient (Wildman–Crippen LogP) is 5.04. The van der Waals surface area contributed by atoms with Gasteiger partial charge < -0.3 is 15.0 Å². The second-order valence-electron chi connectivity index (χ2n) is 10.6. The molecule has 0 spiro atoms. The van der Waals surface area contributed by atoms with Crippen LogP contribution in [0.15, 0.2) is 12.3 Å². The fraction of sp³-hybridized carbons (Fsp3) is 0.741. The Morgan fingerprint density at radius 3 is 2.67 bits per heavy atom. The molecule has 2 fully saturated rings. The highest BCUT2D eigenvalue weighted by Crippen LogP contribution is 2.34. The average Bonchev–Trinajstić information content (AvgIpc) is 3.33. The van der Waals surface area contributed by atoms with E-state index in [2.05, 4.69) is 17.2 Å². The molecule has 4 unspecified atom stereocenters. The fourth-order valence-electron chi connectivity index (χ4n) is 5.92. The summed E-state index contributed by atoms with van der Waals surface area (Å²) >= 11 is 0. The van der Waals surface area contributed by atoms with Crippen molar-refractivity contribution in [3.05, 3.63) is 29.1 Å². The van der Waals surface area contributed by atoms with Gasteiger partial charge in [0.2, 0.25) is 5.91 Å². The Morgan fingerprint density at radius 2 is 1.89 bits per heavy atom. The molecule has 3 aliphatic rings. The Kier molecular flexibility index (Phi) is 8.91. The number of hydrogen-bond acceptors (Lipinski definition) is 5. The maximum absolute atomic E-state index is 13.2. The van der Waals surface area contributed by atoms with Gasteiger partial charge in [-0.15, -0.1) is 0 Å². The monoisotopic (exact) mass is 509 g/mol. The maximum atomic E-state index is 13.2. The number of nitrogens with one attached hydrogen (secondary N) is 1. The van der Waals surface area contributed by atoms with Crippen molar-refractivity contribution in [1.82, 2.24) is 15.2 Å². The van der Waals surface area contributed by atoms with Crippen molar-refractivity contribution in [3.8, 4) is 0 Å². The Hall–Kier alpha value is -2.16. The average molecular weight is 510 g/mol. The van der Waals surface area contributed by atoms with E-state index in [-0.39, 0.29) is 42.3 Å². The van der Waals surface area contributed by atoms with E-state index in [1.807, 2.05) is 0 Å². The SMILES string of the molecule is CCCCCOC(=O)C1CCCC(NC2CCC(C(=O)N3CCc4ncc(C(F)(F)F)cc4C3)C2)C1. The number of amides is 1. The first-order chi connectivity index (χ1) is 17.2. The van der Waals surface area contributed by atoms with Crippen molar-refractivity contribution >= 4 is 11.9 Å². The van der Waals surface area contributed by atoms with Crippen molar-refractivity contribution in [2.75, 3.05) is 13.2 Å². The number of carbonyl (C=O) groups is 2. The zero-order valence-corrected chi connectivity index (χ0v) is 21.1. The molecule has 0 aromatic carbocycles. The summed E-state index contributed by atoms with van der Waals surface area (Å²) in [5, 5.41) is 3.69. The first-order valence-corrected chi connectivity index (χ1v) is 13.5. The lowest BCUT2D eigenvalue weighted by molar-refractivity contribution is -0.150. The molecule has 6 nitrogen and oxygen atoms in total. The standard InChI is InChI=1S/C27H38F3N3O3/c1-2-3-4-12-36-26(35)19-6-5-7-22(15-19)32-23-9-8-18(14-23)25(34)33-11-10-24-20(17-33)13-21(16-31-24)27(28,29)30/h13,16,18-19,22-23,32H,2-12,14-15,17H2,1H3. The number of pyridine rings is 1. The quantitative estimate of drug-likeness (QED) is 0.393. The fourth-order valence-corrected chi connectivity index (χ4v) is 5.92. The van der Waals surface area contributed by atoms with Crippen LogP contribution in [0.5, 0.6) is 0 Å². The van der Waals surface area contributed by atoms with Crippen LogP contribution in [0.2, 0.25) is 0 Å². The normalized spacial score (nSPS) is 26.5. The second-order valence-corrected chi connectivity index (χ2v) is 10.6. The summed E-state index contributed by atoms with van der Waals surface area (Å²) in [6, 6.07) is 1.60. The topological polar surface area (TPSA) is 71.5 Å². The van der Waals surface area contributed by atoms with Gasteiger partial charge in [-0.05, 0) is 56.6 Å². The molecule has 4 atom stereocenters. The summed E-state index contributed by atoms with van der Waals surface area (Å²) in [5.74, 6) is -0.226. The first-order valence-electron chi connectivity index (χ1n) is 13.5. The largest absolute Gasteiger partial charge is 0.465 e. The van der Waals surface area contributed by atoms with Gasteiger partial charge >= 0.3 is 12.1 Å². The zero-order valence-electron chi connectivity index (χ0n) is 21.1. The van der Waals surface area contributed by atoms with Crippen LogP contribution in [0.1, 0.15) is 88.0 Å². The molecule has 2 heterocycles. The third kappa shape index (κ3) is 6.78. The number of aromatic nitrogens is 1. The second kappa shape index (κ2) is 11.9. The molecule has 0 saturated heterocycles. The lowest BCUT2D eigenvalue weighted by atomic mass is 9.85. The Labute approximate surface area is 211 Å². The van der Waals surface area contributed by atoms with Crippen molar-refractivity contribution in [2.45, 2.75) is 102 Å². The molecule has 4 rings (SSSR count). The smallest absolute Gasteiger partial charge is 0.417 e. The number of ether oxygens (including phenoxy) is 1. The third-order valence-corrected chi connectivity index (χ3v) is 7.93. The number of rotatable bonds is 8. The minimum Gasteiger partial charge on any atom is -0.465 e. The van der Waals surface area contributed by atoms with Gasteiger partial charge in [-0.2, -0.15) is 13.2 Å². The van der Waals surface area contributed by atoms with E-state index in [4.69, 9.17) is 4.74 Å². The summed E-state index contributed by atoms with van der Waals surface area (Å²) in [7, 11) is 0. The molecule has 1 N–H and O–H groups in total. The molecular weight excluding hydrogens is 471 g/mol. The number of unbranched alkanes of at least 4 members (excludes halogenated alkanes) is 2. The van der Waals surface area contributed by atoms with Gasteiger partial charge in [-0.3, -0.25) is 14.6 Å². The number of hydrogen-bond donors (Lipinski definition) is 1. The van der Waals surface area contributed by atoms with Gasteiger partial charge in [-0.1, -0.05) is 26.2 Å². The van der Waals surface area contributed by atoms with Crippen molar-refractivity contribution in [1.29, 1.82) is 0 Å². The molecule has 1 aromatic heterocycles. The van der Waals surface area contributed by atoms with Crippen LogP contribution in [0.3, 0.4) is 0 Å². The Morgan fingerprint density at radius 1 is 1.11 bits per heavy atom. The van der Waals surface area contributed by atoms with Gasteiger partial charge in [-0.25, -0.2) is 0 Å². The van der Waals surface area contributed by atoms with Gasteiger partial charge in [0.1, 0.15) is 0 Å². The lowest BCUT2D eigenvalue weighted by Gasteiger charge is -2.32. The van der Waals surface area contributed by atoms with Crippen LogP contribution >= 0.6 is 0 Å². The summed E-state index contributed by atoms with van der Waals surface area (Å²) in [5.41, 5.74) is 0.372. The summed E-state index contributed by atoms with van der Waals surface area (Å²) in [6.07, 6.45) is 6.05. The highest BCUT2D eigenvalue weighted by Gasteiger charge is 2.37. The molecule has 2 aliphatic carbocycles. The number of nitrogens with zero attached hydrogens (tertiary/aromatic N) is 2. The van der Waals surface area contributed by atoms with Gasteiger partial charge in [0.05, 0.1) is 18.1 Å². The molecule has 0 radical (unpaired) electrons. The number of halogens is 3. The molecule has 1 aliphatic heterocycles. The number of fused-ring (bicyclic) bond motifs is 1. The molecule has 0 bridgehead atoms. The maximum Gasteiger partial charge on any atom is 0.417 e. The van der Waals surface area contributed by atoms with Crippen LogP contribution in [0.25, 0.3) is 0 Å². The molecule has 1 aromatic rings. The number of esters is 1. The molecule has 2 saturated carbocycles. The van der Waals surface area contributed by atoms with E-state index in [9.17, 15) is 22.8 Å². The van der Waals surface area contributed by atoms with Crippen LogP contribution in [0, 0.1) is 11.8 Å². The number of carbonyl (C=O) groups excluding carboxylic acids is 2. The predicted molar refractivity (Wildman–Crippen MR) is 129 cm³/mol. The van der Waals surface area contributed by atoms with Crippen LogP contribution in [-0.2, 0) is 33.5 Å². The summed E-state index contributed by atoms with van der Waals surface area (Å²) < 4.78 is 44.8. The minimum absolute atomic E-state index is 0.0274. The molecule has 200 valence electrons. The molecule has 9 heteroatoms. The minimum atomic E-state index is -4.44. The summed E-state index contributed by atoms with van der Waals surface area (Å²) in [6.45, 7) is 3.30. The highest BCUT2D eigenvalue weighted by atomic mass is 19.4. The first kappa shape index (κ1) is 26.9. The number of alkyl halides is 3. The van der Waals surface area contributed by atoms with Crippen molar-refractivity contribution < 1.29 is 27.5 Å². The third-order valence-electron chi connectivity index (χ3n) is 7.93. The van der Waals surface area contributed by atoms with Gasteiger partial charge in [0.25, 0.3) is 0 Å². The van der Waals surface area contributed by atoms with Crippen molar-refractivity contribution in [3.63, 3.8) is 0 Å². The van der Waals surface area contributed by atoms with E-state index in [0.717, 1.165) is 76.5 Å². The highest BCUT2D eigenvalue weighted by molar-refractivity contribution is 5.79. The lowest BCUT2D eigenvalue weighted by Crippen LogP contribution is -2.43. The van der Waals surface area contributed by atoms with Gasteiger partial charge in [0.15, 0.2) is 0 Å². The van der Waals surface area contributed by atoms with E-state index >= 15 is 0 Å². The Balaban J connectivity index is 1.25. The Bertz CT molecular complexity index is 923. The molecule has 36 heavy (non-hydrogen) atoms. The van der Waals surface area contributed by atoms with Crippen LogP contribution in [-0.4, -0.2) is 47.0 Å². The zero-order chi connectivity index (χ0) is 25.7.